The number of carbonyl (C=O) groups is 1. The van der Waals surface area contributed by atoms with Crippen LogP contribution in [0.1, 0.15) is 45.4 Å². The molecule has 1 atom stereocenters. The van der Waals surface area contributed by atoms with Crippen LogP contribution in [-0.4, -0.2) is 37.1 Å². The fraction of sp³-hybridized carbons (Fsp3) is 0.611. The summed E-state index contributed by atoms with van der Waals surface area (Å²) in [4.78, 5) is 14.6. The van der Waals surface area contributed by atoms with Gasteiger partial charge in [0.15, 0.2) is 6.10 Å². The van der Waals surface area contributed by atoms with Crippen LogP contribution in [0, 0.1) is 0 Å². The van der Waals surface area contributed by atoms with Crippen molar-refractivity contribution in [1.29, 1.82) is 0 Å². The molecular formula is C18H27NO3. The van der Waals surface area contributed by atoms with E-state index in [4.69, 9.17) is 9.47 Å². The molecule has 0 saturated heterocycles. The van der Waals surface area contributed by atoms with E-state index in [1.54, 1.807) is 7.11 Å². The van der Waals surface area contributed by atoms with E-state index >= 15 is 0 Å². The van der Waals surface area contributed by atoms with E-state index in [2.05, 4.69) is 0 Å². The second-order valence-corrected chi connectivity index (χ2v) is 5.93. The summed E-state index contributed by atoms with van der Waals surface area (Å²) < 4.78 is 11.1. The zero-order valence-corrected chi connectivity index (χ0v) is 13.9. The Bertz CT molecular complexity index is 483. The summed E-state index contributed by atoms with van der Waals surface area (Å²) in [7, 11) is 3.54. The Morgan fingerprint density at radius 3 is 2.59 bits per heavy atom. The van der Waals surface area contributed by atoms with E-state index < -0.39 is 6.10 Å². The van der Waals surface area contributed by atoms with Crippen molar-refractivity contribution in [2.45, 2.75) is 57.6 Å². The lowest BCUT2D eigenvalue weighted by Gasteiger charge is -2.33. The number of methoxy groups -OCH3 is 1. The molecule has 1 aromatic rings. The lowest BCUT2D eigenvalue weighted by molar-refractivity contribution is -0.140. The first-order valence-corrected chi connectivity index (χ1v) is 8.23. The lowest BCUT2D eigenvalue weighted by atomic mass is 9.94. The number of likely N-dealkylation sites (N-methyl/N-ethyl adjacent to an activating group) is 1. The van der Waals surface area contributed by atoms with Crippen molar-refractivity contribution in [3.8, 4) is 11.5 Å². The van der Waals surface area contributed by atoms with E-state index in [0.29, 0.717) is 18.2 Å². The molecule has 1 fully saturated rings. The quantitative estimate of drug-likeness (QED) is 0.805. The number of ether oxygens (including phenoxy) is 2. The third kappa shape index (κ3) is 4.15. The van der Waals surface area contributed by atoms with Gasteiger partial charge in [-0.05, 0) is 31.4 Å². The predicted octanol–water partition coefficient (Wildman–Crippen LogP) is 3.64. The van der Waals surface area contributed by atoms with Crippen molar-refractivity contribution in [3.05, 3.63) is 24.3 Å². The van der Waals surface area contributed by atoms with Crippen LogP contribution in [0.2, 0.25) is 0 Å². The summed E-state index contributed by atoms with van der Waals surface area (Å²) in [6.45, 7) is 1.98. The Morgan fingerprint density at radius 1 is 1.27 bits per heavy atom. The minimum atomic E-state index is -0.431. The third-order valence-electron chi connectivity index (χ3n) is 4.44. The van der Waals surface area contributed by atoms with Crippen molar-refractivity contribution in [2.24, 2.45) is 0 Å². The molecule has 0 aliphatic heterocycles. The van der Waals surface area contributed by atoms with Crippen molar-refractivity contribution >= 4 is 5.91 Å². The maximum absolute atomic E-state index is 12.7. The van der Waals surface area contributed by atoms with Gasteiger partial charge in [-0.3, -0.25) is 4.79 Å². The topological polar surface area (TPSA) is 38.8 Å². The highest BCUT2D eigenvalue weighted by atomic mass is 16.5. The molecule has 0 heterocycles. The first-order valence-electron chi connectivity index (χ1n) is 8.23. The lowest BCUT2D eigenvalue weighted by Crippen LogP contribution is -2.45. The minimum absolute atomic E-state index is 0.0808. The molecule has 0 bridgehead atoms. The molecule has 0 N–H and O–H groups in total. The molecular weight excluding hydrogens is 278 g/mol. The highest BCUT2D eigenvalue weighted by molar-refractivity contribution is 5.81. The number of amides is 1. The molecule has 0 radical (unpaired) electrons. The molecule has 4 heteroatoms. The molecule has 1 amide bonds. The van der Waals surface area contributed by atoms with Gasteiger partial charge in [0.25, 0.3) is 5.91 Å². The second-order valence-electron chi connectivity index (χ2n) is 5.93. The molecule has 1 aromatic carbocycles. The second kappa shape index (κ2) is 8.06. The normalized spacial score (nSPS) is 16.9. The maximum Gasteiger partial charge on any atom is 0.263 e. The van der Waals surface area contributed by atoms with Crippen LogP contribution in [0.15, 0.2) is 24.3 Å². The van der Waals surface area contributed by atoms with Gasteiger partial charge in [-0.15, -0.1) is 0 Å². The summed E-state index contributed by atoms with van der Waals surface area (Å²) >= 11 is 0. The number of hydrogen-bond donors (Lipinski definition) is 0. The van der Waals surface area contributed by atoms with E-state index in [1.165, 1.54) is 19.3 Å². The van der Waals surface area contributed by atoms with E-state index in [0.717, 1.165) is 18.6 Å². The summed E-state index contributed by atoms with van der Waals surface area (Å²) in [6, 6.07) is 7.78. The Hall–Kier alpha value is -1.71. The van der Waals surface area contributed by atoms with Crippen LogP contribution in [0.4, 0.5) is 0 Å². The van der Waals surface area contributed by atoms with Crippen molar-refractivity contribution < 1.29 is 14.3 Å². The summed E-state index contributed by atoms with van der Waals surface area (Å²) in [5.41, 5.74) is 0. The van der Waals surface area contributed by atoms with Crippen LogP contribution < -0.4 is 9.47 Å². The van der Waals surface area contributed by atoms with Crippen molar-refractivity contribution in [3.63, 3.8) is 0 Å². The zero-order chi connectivity index (χ0) is 15.9. The Kier molecular flexibility index (Phi) is 6.10. The average molecular weight is 305 g/mol. The smallest absolute Gasteiger partial charge is 0.263 e. The molecule has 0 aromatic heterocycles. The van der Waals surface area contributed by atoms with E-state index in [-0.39, 0.29) is 5.91 Å². The fourth-order valence-corrected chi connectivity index (χ4v) is 3.02. The van der Waals surface area contributed by atoms with Crippen molar-refractivity contribution in [2.75, 3.05) is 14.2 Å². The first-order chi connectivity index (χ1) is 10.7. The molecule has 122 valence electrons. The Labute approximate surface area is 133 Å². The van der Waals surface area contributed by atoms with Gasteiger partial charge < -0.3 is 14.4 Å². The van der Waals surface area contributed by atoms with Crippen LogP contribution in [0.3, 0.4) is 0 Å². The molecule has 1 aliphatic rings. The average Bonchev–Trinajstić information content (AvgIpc) is 2.59. The predicted molar refractivity (Wildman–Crippen MR) is 87.3 cm³/mol. The van der Waals surface area contributed by atoms with Crippen LogP contribution in [0.5, 0.6) is 11.5 Å². The Morgan fingerprint density at radius 2 is 1.95 bits per heavy atom. The Balaban J connectivity index is 2.01. The zero-order valence-electron chi connectivity index (χ0n) is 13.9. The highest BCUT2D eigenvalue weighted by Crippen LogP contribution is 2.24. The monoisotopic (exact) mass is 305 g/mol. The van der Waals surface area contributed by atoms with Gasteiger partial charge in [0.2, 0.25) is 0 Å². The largest absolute Gasteiger partial charge is 0.497 e. The van der Waals surface area contributed by atoms with Gasteiger partial charge in [-0.25, -0.2) is 0 Å². The van der Waals surface area contributed by atoms with Gasteiger partial charge in [-0.2, -0.15) is 0 Å². The molecule has 1 saturated carbocycles. The summed E-state index contributed by atoms with van der Waals surface area (Å²) in [6.07, 6.45) is 6.17. The van der Waals surface area contributed by atoms with Crippen molar-refractivity contribution in [1.82, 2.24) is 4.90 Å². The molecule has 0 spiro atoms. The summed E-state index contributed by atoms with van der Waals surface area (Å²) in [5, 5.41) is 0. The van der Waals surface area contributed by atoms with Gasteiger partial charge in [0, 0.05) is 19.2 Å². The number of hydrogen-bond acceptors (Lipinski definition) is 3. The van der Waals surface area contributed by atoms with Crippen LogP contribution in [0.25, 0.3) is 0 Å². The van der Waals surface area contributed by atoms with E-state index in [9.17, 15) is 4.79 Å². The molecule has 1 unspecified atom stereocenters. The van der Waals surface area contributed by atoms with Crippen LogP contribution >= 0.6 is 0 Å². The molecule has 2 rings (SSSR count). The number of carbonyl (C=O) groups excluding carboxylic acids is 1. The number of nitrogens with zero attached hydrogens (tertiary/aromatic N) is 1. The highest BCUT2D eigenvalue weighted by Gasteiger charge is 2.28. The number of benzene rings is 1. The third-order valence-corrected chi connectivity index (χ3v) is 4.44. The maximum atomic E-state index is 12.7. The first kappa shape index (κ1) is 16.7. The summed E-state index contributed by atoms with van der Waals surface area (Å²) in [5.74, 6) is 1.49. The van der Waals surface area contributed by atoms with Crippen LogP contribution in [-0.2, 0) is 4.79 Å². The standard InChI is InChI=1S/C18H27NO3/c1-4-17(22-16-12-8-11-15(13-16)21-3)18(20)19(2)14-9-6-5-7-10-14/h8,11-14,17H,4-7,9-10H2,1-3H3. The SMILES string of the molecule is CCC(Oc1cccc(OC)c1)C(=O)N(C)C1CCCCC1. The number of rotatable bonds is 6. The minimum Gasteiger partial charge on any atom is -0.497 e. The van der Waals surface area contributed by atoms with Gasteiger partial charge in [0.1, 0.15) is 11.5 Å². The van der Waals surface area contributed by atoms with Gasteiger partial charge >= 0.3 is 0 Å². The van der Waals surface area contributed by atoms with E-state index in [1.807, 2.05) is 43.1 Å². The fourth-order valence-electron chi connectivity index (χ4n) is 3.02. The molecule has 1 aliphatic carbocycles. The van der Waals surface area contributed by atoms with Gasteiger partial charge in [-0.1, -0.05) is 32.3 Å². The van der Waals surface area contributed by atoms with Gasteiger partial charge in [0.05, 0.1) is 7.11 Å². The molecule has 22 heavy (non-hydrogen) atoms. The molecule has 4 nitrogen and oxygen atoms in total.